The highest BCUT2D eigenvalue weighted by atomic mass is 15.1. The van der Waals surface area contributed by atoms with Crippen LogP contribution in [0.15, 0.2) is 24.3 Å². The standard InChI is InChI=1S/C14H21N3/c1-12-5-7-13(8-6-12)14(11-15)16-9-4-10-17(2)3/h5-8,14,16H,4,9-10H2,1-3H3. The molecule has 0 aliphatic heterocycles. The summed E-state index contributed by atoms with van der Waals surface area (Å²) in [7, 11) is 4.11. The van der Waals surface area contributed by atoms with Crippen LogP contribution in [0, 0.1) is 18.3 Å². The molecular formula is C14H21N3. The predicted molar refractivity (Wildman–Crippen MR) is 70.7 cm³/mol. The third-order valence-corrected chi connectivity index (χ3v) is 2.67. The first kappa shape index (κ1) is 13.7. The second-order valence-electron chi connectivity index (χ2n) is 4.58. The summed E-state index contributed by atoms with van der Waals surface area (Å²) < 4.78 is 0. The topological polar surface area (TPSA) is 39.1 Å². The van der Waals surface area contributed by atoms with E-state index in [1.54, 1.807) is 0 Å². The van der Waals surface area contributed by atoms with Crippen molar-refractivity contribution in [1.29, 1.82) is 5.26 Å². The third kappa shape index (κ3) is 4.99. The van der Waals surface area contributed by atoms with Gasteiger partial charge in [-0.3, -0.25) is 5.32 Å². The molecule has 0 saturated carbocycles. The molecule has 0 radical (unpaired) electrons. The van der Waals surface area contributed by atoms with Crippen molar-refractivity contribution in [2.45, 2.75) is 19.4 Å². The Bertz CT molecular complexity index is 362. The van der Waals surface area contributed by atoms with E-state index < -0.39 is 0 Å². The molecule has 3 heteroatoms. The van der Waals surface area contributed by atoms with Crippen LogP contribution in [0.25, 0.3) is 0 Å². The Labute approximate surface area is 104 Å². The third-order valence-electron chi connectivity index (χ3n) is 2.67. The van der Waals surface area contributed by atoms with Crippen LogP contribution in [0.3, 0.4) is 0 Å². The molecule has 3 nitrogen and oxygen atoms in total. The normalized spacial score (nSPS) is 12.4. The number of aryl methyl sites for hydroxylation is 1. The SMILES string of the molecule is Cc1ccc(C(C#N)NCCCN(C)C)cc1. The fourth-order valence-electron chi connectivity index (χ4n) is 1.64. The molecular weight excluding hydrogens is 210 g/mol. The van der Waals surface area contributed by atoms with E-state index in [0.717, 1.165) is 25.1 Å². The van der Waals surface area contributed by atoms with Gasteiger partial charge in [-0.2, -0.15) is 5.26 Å². The minimum absolute atomic E-state index is 0.197. The van der Waals surface area contributed by atoms with Crippen molar-refractivity contribution in [3.63, 3.8) is 0 Å². The summed E-state index contributed by atoms with van der Waals surface area (Å²) in [5, 5.41) is 12.4. The van der Waals surface area contributed by atoms with E-state index in [0.29, 0.717) is 0 Å². The number of nitrogens with one attached hydrogen (secondary N) is 1. The molecule has 1 rings (SSSR count). The van der Waals surface area contributed by atoms with E-state index in [1.165, 1.54) is 5.56 Å². The number of hydrogen-bond donors (Lipinski definition) is 1. The van der Waals surface area contributed by atoms with Crippen molar-refractivity contribution in [2.75, 3.05) is 27.2 Å². The van der Waals surface area contributed by atoms with Crippen molar-refractivity contribution in [1.82, 2.24) is 10.2 Å². The predicted octanol–water partition coefficient (Wildman–Crippen LogP) is 2.10. The van der Waals surface area contributed by atoms with Gasteiger partial charge in [0.25, 0.3) is 0 Å². The number of hydrogen-bond acceptors (Lipinski definition) is 3. The van der Waals surface area contributed by atoms with E-state index in [-0.39, 0.29) is 6.04 Å². The number of benzene rings is 1. The molecule has 1 aromatic carbocycles. The minimum Gasteiger partial charge on any atom is -0.309 e. The van der Waals surface area contributed by atoms with Gasteiger partial charge < -0.3 is 4.90 Å². The highest BCUT2D eigenvalue weighted by Crippen LogP contribution is 2.12. The highest BCUT2D eigenvalue weighted by molar-refractivity contribution is 5.27. The van der Waals surface area contributed by atoms with E-state index in [4.69, 9.17) is 5.26 Å². The average molecular weight is 231 g/mol. The van der Waals surface area contributed by atoms with Crippen LogP contribution < -0.4 is 5.32 Å². The van der Waals surface area contributed by atoms with Crippen LogP contribution in [0.4, 0.5) is 0 Å². The molecule has 1 atom stereocenters. The lowest BCUT2D eigenvalue weighted by Crippen LogP contribution is -2.24. The van der Waals surface area contributed by atoms with Gasteiger partial charge in [-0.1, -0.05) is 29.8 Å². The lowest BCUT2D eigenvalue weighted by molar-refractivity contribution is 0.392. The summed E-state index contributed by atoms with van der Waals surface area (Å²) in [5.41, 5.74) is 2.26. The maximum Gasteiger partial charge on any atom is 0.121 e. The molecule has 1 aromatic rings. The fourth-order valence-corrected chi connectivity index (χ4v) is 1.64. The van der Waals surface area contributed by atoms with Crippen LogP contribution in [-0.2, 0) is 0 Å². The average Bonchev–Trinajstić information content (AvgIpc) is 2.30. The van der Waals surface area contributed by atoms with E-state index in [1.807, 2.05) is 24.3 Å². The van der Waals surface area contributed by atoms with Crippen molar-refractivity contribution in [3.8, 4) is 6.07 Å². The molecule has 1 N–H and O–H groups in total. The first-order chi connectivity index (χ1) is 8.13. The molecule has 0 aliphatic carbocycles. The monoisotopic (exact) mass is 231 g/mol. The van der Waals surface area contributed by atoms with Gasteiger partial charge in [0.05, 0.1) is 6.07 Å². The van der Waals surface area contributed by atoms with E-state index >= 15 is 0 Å². The fraction of sp³-hybridized carbons (Fsp3) is 0.500. The van der Waals surface area contributed by atoms with Gasteiger partial charge >= 0.3 is 0 Å². The Morgan fingerprint density at radius 1 is 1.29 bits per heavy atom. The zero-order chi connectivity index (χ0) is 12.7. The zero-order valence-corrected chi connectivity index (χ0v) is 10.9. The Balaban J connectivity index is 2.44. The lowest BCUT2D eigenvalue weighted by Gasteiger charge is -2.13. The number of nitriles is 1. The lowest BCUT2D eigenvalue weighted by atomic mass is 10.1. The largest absolute Gasteiger partial charge is 0.309 e. The molecule has 0 aliphatic rings. The summed E-state index contributed by atoms with van der Waals surface area (Å²) in [6.07, 6.45) is 1.05. The first-order valence-corrected chi connectivity index (χ1v) is 5.98. The minimum atomic E-state index is -0.197. The molecule has 0 spiro atoms. The van der Waals surface area contributed by atoms with Crippen molar-refractivity contribution in [2.24, 2.45) is 0 Å². The van der Waals surface area contributed by atoms with Gasteiger partial charge in [0.1, 0.15) is 6.04 Å². The molecule has 0 bridgehead atoms. The van der Waals surface area contributed by atoms with Gasteiger partial charge in [0.2, 0.25) is 0 Å². The maximum atomic E-state index is 9.13. The molecule has 0 amide bonds. The van der Waals surface area contributed by atoms with Gasteiger partial charge in [-0.05, 0) is 46.1 Å². The highest BCUT2D eigenvalue weighted by Gasteiger charge is 2.08. The Kier molecular flexibility index (Phi) is 5.68. The summed E-state index contributed by atoms with van der Waals surface area (Å²) in [4.78, 5) is 2.15. The van der Waals surface area contributed by atoms with Crippen LogP contribution >= 0.6 is 0 Å². The van der Waals surface area contributed by atoms with E-state index in [2.05, 4.69) is 37.3 Å². The molecule has 92 valence electrons. The van der Waals surface area contributed by atoms with Crippen molar-refractivity contribution in [3.05, 3.63) is 35.4 Å². The summed E-state index contributed by atoms with van der Waals surface area (Å²) in [6.45, 7) is 3.96. The van der Waals surface area contributed by atoms with Gasteiger partial charge in [-0.25, -0.2) is 0 Å². The van der Waals surface area contributed by atoms with Crippen LogP contribution in [0.5, 0.6) is 0 Å². The van der Waals surface area contributed by atoms with Gasteiger partial charge in [0.15, 0.2) is 0 Å². The smallest absolute Gasteiger partial charge is 0.121 e. The maximum absolute atomic E-state index is 9.13. The molecule has 0 heterocycles. The molecule has 1 unspecified atom stereocenters. The van der Waals surface area contributed by atoms with Crippen LogP contribution in [-0.4, -0.2) is 32.1 Å². The molecule has 0 fully saturated rings. The second kappa shape index (κ2) is 7.05. The van der Waals surface area contributed by atoms with Crippen LogP contribution in [0.1, 0.15) is 23.6 Å². The number of rotatable bonds is 6. The Morgan fingerprint density at radius 2 is 1.94 bits per heavy atom. The Hall–Kier alpha value is -1.37. The van der Waals surface area contributed by atoms with Gasteiger partial charge in [0, 0.05) is 0 Å². The molecule has 17 heavy (non-hydrogen) atoms. The summed E-state index contributed by atoms with van der Waals surface area (Å²) in [5.74, 6) is 0. The molecule has 0 saturated heterocycles. The first-order valence-electron chi connectivity index (χ1n) is 5.98. The van der Waals surface area contributed by atoms with Crippen LogP contribution in [0.2, 0.25) is 0 Å². The van der Waals surface area contributed by atoms with Crippen molar-refractivity contribution >= 4 is 0 Å². The zero-order valence-electron chi connectivity index (χ0n) is 10.9. The second-order valence-corrected chi connectivity index (χ2v) is 4.58. The molecule has 0 aromatic heterocycles. The number of nitrogens with zero attached hydrogens (tertiary/aromatic N) is 2. The summed E-state index contributed by atoms with van der Waals surface area (Å²) >= 11 is 0. The van der Waals surface area contributed by atoms with Gasteiger partial charge in [-0.15, -0.1) is 0 Å². The quantitative estimate of drug-likeness (QED) is 0.762. The van der Waals surface area contributed by atoms with Crippen molar-refractivity contribution < 1.29 is 0 Å². The van der Waals surface area contributed by atoms with E-state index in [9.17, 15) is 0 Å². The Morgan fingerprint density at radius 3 is 2.47 bits per heavy atom. The summed E-state index contributed by atoms with van der Waals surface area (Å²) in [6, 6.07) is 10.2.